The van der Waals surface area contributed by atoms with Crippen LogP contribution in [0.25, 0.3) is 10.4 Å². The molecular weight excluding hydrogens is 401 g/mol. The first-order chi connectivity index (χ1) is 12.5. The number of anilines is 1. The van der Waals surface area contributed by atoms with Crippen LogP contribution >= 0.6 is 0 Å². The van der Waals surface area contributed by atoms with Gasteiger partial charge in [0.2, 0.25) is 0 Å². The molecule has 1 aromatic rings. The molecule has 0 bridgehead atoms. The quantitative estimate of drug-likeness (QED) is 0.320. The average Bonchev–Trinajstić information content (AvgIpc) is 2.52. The van der Waals surface area contributed by atoms with Crippen molar-refractivity contribution in [3.8, 4) is 0 Å². The summed E-state index contributed by atoms with van der Waals surface area (Å²) in [4.78, 5) is 18.2. The number of amides is 1. The van der Waals surface area contributed by atoms with Gasteiger partial charge in [0.1, 0.15) is 5.60 Å². The zero-order valence-electron chi connectivity index (χ0n) is 16.5. The molecule has 1 amide bonds. The Balaban J connectivity index is 0.00000392. The van der Waals surface area contributed by atoms with Crippen molar-refractivity contribution in [1.82, 2.24) is 4.90 Å². The molecule has 1 aromatic carbocycles. The maximum Gasteiger partial charge on any atom is 1.00 e. The predicted octanol–water partition coefficient (Wildman–Crippen LogP) is 1.62. The van der Waals surface area contributed by atoms with Crippen molar-refractivity contribution in [3.05, 3.63) is 34.2 Å². The molecule has 1 aliphatic heterocycles. The largest absolute Gasteiger partial charge is 1.00 e. The van der Waals surface area contributed by atoms with Crippen LogP contribution in [0.2, 0.25) is 0 Å². The minimum absolute atomic E-state index is 0. The molecule has 0 atom stereocenters. The Kier molecular flexibility index (Phi) is 9.17. The summed E-state index contributed by atoms with van der Waals surface area (Å²) in [5.74, 6) is 0. The Bertz CT molecular complexity index is 743. The Morgan fingerprint density at radius 3 is 2.32 bits per heavy atom. The monoisotopic (exact) mass is 423 g/mol. The van der Waals surface area contributed by atoms with Crippen molar-refractivity contribution in [2.24, 2.45) is 5.11 Å². The molecule has 0 aromatic heterocycles. The van der Waals surface area contributed by atoms with E-state index in [9.17, 15) is 17.7 Å². The summed E-state index contributed by atoms with van der Waals surface area (Å²) >= 11 is 0. The summed E-state index contributed by atoms with van der Waals surface area (Å²) in [6, 6.07) is 4.25. The predicted molar refractivity (Wildman–Crippen MR) is 98.1 cm³/mol. The van der Waals surface area contributed by atoms with Gasteiger partial charge in [-0.15, -0.1) is 0 Å². The van der Waals surface area contributed by atoms with Gasteiger partial charge < -0.3 is 27.5 Å². The van der Waals surface area contributed by atoms with E-state index < -0.39 is 25.0 Å². The third-order valence-corrected chi connectivity index (χ3v) is 3.89. The number of piperazine rings is 1. The number of carbonyl (C=O) groups is 1. The number of hydrogen-bond donors (Lipinski definition) is 0. The fourth-order valence-electron chi connectivity index (χ4n) is 2.81. The van der Waals surface area contributed by atoms with E-state index in [0.29, 0.717) is 31.9 Å². The molecule has 0 saturated carbocycles. The molecule has 0 N–H and O–H groups in total. The molecule has 0 spiro atoms. The second-order valence-corrected chi connectivity index (χ2v) is 7.42. The zero-order chi connectivity index (χ0) is 20.2. The van der Waals surface area contributed by atoms with Gasteiger partial charge in [0, 0.05) is 42.5 Å². The maximum atomic E-state index is 12.8. The van der Waals surface area contributed by atoms with Crippen molar-refractivity contribution >= 4 is 24.4 Å². The summed E-state index contributed by atoms with van der Waals surface area (Å²) in [5.41, 5.74) is 8.74. The van der Waals surface area contributed by atoms with Gasteiger partial charge in [-0.2, -0.15) is 0 Å². The number of benzene rings is 1. The van der Waals surface area contributed by atoms with Crippen LogP contribution in [0.5, 0.6) is 0 Å². The van der Waals surface area contributed by atoms with Crippen LogP contribution < -0.4 is 56.3 Å². The normalized spacial score (nSPS) is 14.8. The molecule has 7 nitrogen and oxygen atoms in total. The van der Waals surface area contributed by atoms with Crippen LogP contribution in [0.15, 0.2) is 23.3 Å². The van der Waals surface area contributed by atoms with Crippen molar-refractivity contribution in [2.75, 3.05) is 31.1 Å². The standard InChI is InChI=1S/C16H22BF3N5O2.K/c1-16(2,3)27-15(26)25-6-4-24(5-7-25)14-9-12(11-17(18,19)20)8-13(10-14)22-23-21;/h8-10H,4-7,11H2,1-3H3;/q-1;+1. The first-order valence-corrected chi connectivity index (χ1v) is 8.60. The van der Waals surface area contributed by atoms with Gasteiger partial charge >= 0.3 is 64.5 Å². The molecule has 12 heteroatoms. The van der Waals surface area contributed by atoms with E-state index >= 15 is 0 Å². The molecule has 2 rings (SSSR count). The molecule has 28 heavy (non-hydrogen) atoms. The molecule has 0 unspecified atom stereocenters. The number of azide groups is 1. The van der Waals surface area contributed by atoms with Gasteiger partial charge in [-0.3, -0.25) is 0 Å². The summed E-state index contributed by atoms with van der Waals surface area (Å²) < 4.78 is 43.7. The van der Waals surface area contributed by atoms with E-state index in [0.717, 1.165) is 0 Å². The number of nitrogens with zero attached hydrogens (tertiary/aromatic N) is 5. The van der Waals surface area contributed by atoms with Crippen molar-refractivity contribution in [2.45, 2.75) is 32.7 Å². The fourth-order valence-corrected chi connectivity index (χ4v) is 2.81. The summed E-state index contributed by atoms with van der Waals surface area (Å²) in [6.07, 6.45) is -1.45. The molecule has 1 saturated heterocycles. The maximum absolute atomic E-state index is 12.8. The van der Waals surface area contributed by atoms with E-state index in [1.165, 1.54) is 12.1 Å². The molecule has 0 radical (unpaired) electrons. The number of carbonyl (C=O) groups excluding carboxylic acids is 1. The molecule has 1 heterocycles. The smallest absolute Gasteiger partial charge is 0.449 e. The fraction of sp³-hybridized carbons (Fsp3) is 0.562. The van der Waals surface area contributed by atoms with E-state index in [1.54, 1.807) is 31.7 Å². The first-order valence-electron chi connectivity index (χ1n) is 8.60. The van der Waals surface area contributed by atoms with Crippen molar-refractivity contribution in [1.29, 1.82) is 0 Å². The number of hydrogen-bond acceptors (Lipinski definition) is 4. The summed E-state index contributed by atoms with van der Waals surface area (Å²) in [5, 5.41) is 3.45. The summed E-state index contributed by atoms with van der Waals surface area (Å²) in [7, 11) is 0. The zero-order valence-corrected chi connectivity index (χ0v) is 19.7. The van der Waals surface area contributed by atoms with Gasteiger partial charge in [-0.25, -0.2) is 4.79 Å². The topological polar surface area (TPSA) is 81.5 Å². The van der Waals surface area contributed by atoms with Crippen LogP contribution in [-0.4, -0.2) is 49.8 Å². The second kappa shape index (κ2) is 10.2. The van der Waals surface area contributed by atoms with E-state index in [1.807, 2.05) is 4.90 Å². The van der Waals surface area contributed by atoms with E-state index in [2.05, 4.69) is 10.0 Å². The Morgan fingerprint density at radius 2 is 1.82 bits per heavy atom. The third-order valence-electron chi connectivity index (χ3n) is 3.89. The van der Waals surface area contributed by atoms with E-state index in [-0.39, 0.29) is 62.6 Å². The molecule has 148 valence electrons. The van der Waals surface area contributed by atoms with Crippen LogP contribution in [0.3, 0.4) is 0 Å². The minimum Gasteiger partial charge on any atom is -0.449 e. The van der Waals surface area contributed by atoms with Crippen LogP contribution in [-0.2, 0) is 11.1 Å². The van der Waals surface area contributed by atoms with Gasteiger partial charge in [0.15, 0.2) is 0 Å². The number of ether oxygens (including phenoxy) is 1. The van der Waals surface area contributed by atoms with Crippen molar-refractivity contribution < 1.29 is 73.9 Å². The van der Waals surface area contributed by atoms with Gasteiger partial charge in [0.05, 0.1) is 0 Å². The minimum atomic E-state index is -5.00. The van der Waals surface area contributed by atoms with E-state index in [4.69, 9.17) is 10.3 Å². The average molecular weight is 423 g/mol. The van der Waals surface area contributed by atoms with Gasteiger partial charge in [-0.05, 0) is 38.4 Å². The third kappa shape index (κ3) is 8.22. The molecule has 0 aliphatic carbocycles. The summed E-state index contributed by atoms with van der Waals surface area (Å²) in [6.45, 7) is 2.01. The van der Waals surface area contributed by atoms with Crippen LogP contribution in [0, 0.1) is 0 Å². The van der Waals surface area contributed by atoms with Crippen molar-refractivity contribution in [3.63, 3.8) is 0 Å². The van der Waals surface area contributed by atoms with Gasteiger partial charge in [-0.1, -0.05) is 23.1 Å². The first kappa shape index (κ1) is 25.1. The van der Waals surface area contributed by atoms with Gasteiger partial charge in [0.25, 0.3) is 0 Å². The van der Waals surface area contributed by atoms with Crippen LogP contribution in [0.4, 0.5) is 29.1 Å². The van der Waals surface area contributed by atoms with Crippen LogP contribution in [0.1, 0.15) is 26.3 Å². The second-order valence-electron chi connectivity index (χ2n) is 7.42. The molecule has 1 fully saturated rings. The molecular formula is C16H22BF3KN5O2. The molecule has 1 aliphatic rings. The SMILES string of the molecule is CC(C)(C)OC(=O)N1CCN(c2cc(C[B-](F)(F)F)cc(N=[N+]=[N-])c2)CC1.[K+]. The number of rotatable bonds is 4. The Labute approximate surface area is 204 Å². The number of halogens is 3. The Hall–Kier alpha value is -0.909. The Morgan fingerprint density at radius 1 is 1.21 bits per heavy atom.